The number of nitrogen functional groups attached to an aromatic ring is 1. The molecule has 5 rings (SSSR count). The Hall–Kier alpha value is -3.72. The first-order valence-corrected chi connectivity index (χ1v) is 11.3. The molecule has 0 amide bonds. The third kappa shape index (κ3) is 3.43. The average Bonchev–Trinajstić information content (AvgIpc) is 3.14. The lowest BCUT2D eigenvalue weighted by Gasteiger charge is -2.49. The molecule has 4 aromatic rings. The van der Waals surface area contributed by atoms with E-state index < -0.39 is 0 Å². The molecular formula is C24H24ClN7O2. The smallest absolute Gasteiger partial charge is 0.283 e. The molecule has 0 spiro atoms. The molecule has 1 aliphatic heterocycles. The van der Waals surface area contributed by atoms with Crippen LogP contribution in [0.4, 0.5) is 11.8 Å². The lowest BCUT2D eigenvalue weighted by molar-refractivity contribution is 0.101. The van der Waals surface area contributed by atoms with E-state index in [0.717, 1.165) is 11.3 Å². The number of rotatable bonds is 5. The predicted octanol–water partition coefficient (Wildman–Crippen LogP) is 3.13. The third-order valence-electron chi connectivity index (χ3n) is 6.76. The van der Waals surface area contributed by atoms with Crippen molar-refractivity contribution in [3.05, 3.63) is 75.6 Å². The summed E-state index contributed by atoms with van der Waals surface area (Å²) < 4.78 is 3.03. The number of para-hydroxylation sites is 1. The minimum Gasteiger partial charge on any atom is -0.368 e. The maximum atomic E-state index is 13.3. The summed E-state index contributed by atoms with van der Waals surface area (Å²) in [6, 6.07) is 9.49. The molecule has 1 aliphatic rings. The van der Waals surface area contributed by atoms with Crippen LogP contribution in [0.25, 0.3) is 11.2 Å². The topological polar surface area (TPSA) is 111 Å². The summed E-state index contributed by atoms with van der Waals surface area (Å²) in [6.07, 6.45) is 4.67. The van der Waals surface area contributed by atoms with Crippen LogP contribution in [0.3, 0.4) is 0 Å². The van der Waals surface area contributed by atoms with Crippen LogP contribution < -0.4 is 16.2 Å². The molecule has 10 heteroatoms. The normalized spacial score (nSPS) is 14.4. The number of hydrogen-bond donors (Lipinski definition) is 1. The number of ketones is 1. The number of nitrogens with zero attached hydrogens (tertiary/aromatic N) is 6. The molecule has 1 saturated heterocycles. The summed E-state index contributed by atoms with van der Waals surface area (Å²) in [5, 5.41) is 4.72. The van der Waals surface area contributed by atoms with Crippen LogP contribution in [-0.2, 0) is 5.41 Å². The molecule has 4 heterocycles. The van der Waals surface area contributed by atoms with Gasteiger partial charge in [-0.1, -0.05) is 43.6 Å². The summed E-state index contributed by atoms with van der Waals surface area (Å²) in [4.78, 5) is 35.6. The van der Waals surface area contributed by atoms with E-state index in [2.05, 4.69) is 28.9 Å². The van der Waals surface area contributed by atoms with Gasteiger partial charge in [0.15, 0.2) is 5.78 Å². The van der Waals surface area contributed by atoms with E-state index in [9.17, 15) is 9.59 Å². The summed E-state index contributed by atoms with van der Waals surface area (Å²) in [5.74, 6) is 0.844. The zero-order chi connectivity index (χ0) is 24.2. The van der Waals surface area contributed by atoms with Crippen molar-refractivity contribution in [3.8, 4) is 5.69 Å². The molecule has 0 unspecified atom stereocenters. The molecule has 2 N–H and O–H groups in total. The Balaban J connectivity index is 1.50. The van der Waals surface area contributed by atoms with Gasteiger partial charge in [-0.3, -0.25) is 14.2 Å². The highest BCUT2D eigenvalue weighted by molar-refractivity contribution is 6.33. The van der Waals surface area contributed by atoms with E-state index in [0.29, 0.717) is 35.0 Å². The number of fused-ring (bicyclic) bond motifs is 1. The van der Waals surface area contributed by atoms with Crippen LogP contribution in [-0.4, -0.2) is 43.0 Å². The maximum absolute atomic E-state index is 13.3. The number of benzene rings is 1. The van der Waals surface area contributed by atoms with Gasteiger partial charge in [0.2, 0.25) is 5.95 Å². The number of hydrogen-bond acceptors (Lipinski definition) is 7. The predicted molar refractivity (Wildman–Crippen MR) is 131 cm³/mol. The van der Waals surface area contributed by atoms with Crippen LogP contribution in [0.5, 0.6) is 0 Å². The molecule has 34 heavy (non-hydrogen) atoms. The van der Waals surface area contributed by atoms with Gasteiger partial charge in [-0.05, 0) is 30.0 Å². The molecule has 0 bridgehead atoms. The highest BCUT2D eigenvalue weighted by Gasteiger charge is 2.42. The van der Waals surface area contributed by atoms with Crippen LogP contribution in [0.15, 0.2) is 53.8 Å². The second-order valence-electron chi connectivity index (χ2n) is 9.13. The standard InChI is InChI=1S/C24H24ClN7O2/c1-14(33)16-10-27-23(26)29-21(16)30-11-15(12-30)24(2,3)17-6-4-5-7-19(17)31-13-28-32-9-8-18(25)20(32)22(31)34/h4-10,13,15H,11-12H2,1-3H3,(H2,26,27,29). The Morgan fingerprint density at radius 2 is 1.94 bits per heavy atom. The highest BCUT2D eigenvalue weighted by Crippen LogP contribution is 2.41. The zero-order valence-corrected chi connectivity index (χ0v) is 19.8. The number of Topliss-reactive ketones (excluding diaryl/α,β-unsaturated/α-hetero) is 1. The van der Waals surface area contributed by atoms with Gasteiger partial charge < -0.3 is 10.6 Å². The fourth-order valence-electron chi connectivity index (χ4n) is 4.57. The quantitative estimate of drug-likeness (QED) is 0.439. The summed E-state index contributed by atoms with van der Waals surface area (Å²) in [7, 11) is 0. The summed E-state index contributed by atoms with van der Waals surface area (Å²) in [6.45, 7) is 7.20. The van der Waals surface area contributed by atoms with Gasteiger partial charge in [-0.25, -0.2) is 9.50 Å². The minimum atomic E-state index is -0.292. The van der Waals surface area contributed by atoms with Crippen molar-refractivity contribution < 1.29 is 4.79 Å². The third-order valence-corrected chi connectivity index (χ3v) is 7.06. The highest BCUT2D eigenvalue weighted by atomic mass is 35.5. The van der Waals surface area contributed by atoms with Gasteiger partial charge in [-0.2, -0.15) is 10.1 Å². The van der Waals surface area contributed by atoms with E-state index in [1.165, 1.54) is 24.0 Å². The van der Waals surface area contributed by atoms with E-state index in [4.69, 9.17) is 17.3 Å². The van der Waals surface area contributed by atoms with Gasteiger partial charge in [0.1, 0.15) is 17.7 Å². The van der Waals surface area contributed by atoms with E-state index in [-0.39, 0.29) is 28.6 Å². The van der Waals surface area contributed by atoms with Crippen LogP contribution in [0.1, 0.15) is 36.7 Å². The Kier molecular flexibility index (Phi) is 5.16. The maximum Gasteiger partial charge on any atom is 0.283 e. The van der Waals surface area contributed by atoms with Crippen LogP contribution in [0.2, 0.25) is 5.02 Å². The van der Waals surface area contributed by atoms with Crippen molar-refractivity contribution in [2.45, 2.75) is 26.2 Å². The Morgan fingerprint density at radius 3 is 2.68 bits per heavy atom. The van der Waals surface area contributed by atoms with E-state index in [1.54, 1.807) is 16.8 Å². The Labute approximate surface area is 200 Å². The van der Waals surface area contributed by atoms with Crippen LogP contribution >= 0.6 is 11.6 Å². The zero-order valence-electron chi connectivity index (χ0n) is 19.1. The molecular weight excluding hydrogens is 454 g/mol. The van der Waals surface area contributed by atoms with E-state index >= 15 is 0 Å². The number of halogens is 1. The first-order chi connectivity index (χ1) is 16.2. The molecule has 0 radical (unpaired) electrons. The van der Waals surface area contributed by atoms with Gasteiger partial charge in [-0.15, -0.1) is 0 Å². The second-order valence-corrected chi connectivity index (χ2v) is 9.53. The number of aromatic nitrogens is 5. The molecule has 1 fully saturated rings. The van der Waals surface area contributed by atoms with Gasteiger partial charge in [0, 0.05) is 31.4 Å². The molecule has 0 aliphatic carbocycles. The summed E-state index contributed by atoms with van der Waals surface area (Å²) >= 11 is 6.25. The number of carbonyl (C=O) groups is 1. The second kappa shape index (κ2) is 7.95. The SMILES string of the molecule is CC(=O)c1cnc(N)nc1N1CC(C(C)(C)c2ccccc2-n2cnn3ccc(Cl)c3c2=O)C1. The fraction of sp³-hybridized carbons (Fsp3) is 0.292. The van der Waals surface area contributed by atoms with Gasteiger partial charge in [0.05, 0.1) is 16.3 Å². The fourth-order valence-corrected chi connectivity index (χ4v) is 4.80. The van der Waals surface area contributed by atoms with Crippen LogP contribution in [0, 0.1) is 5.92 Å². The molecule has 174 valence electrons. The molecule has 9 nitrogen and oxygen atoms in total. The lowest BCUT2D eigenvalue weighted by atomic mass is 9.69. The van der Waals surface area contributed by atoms with Crippen molar-refractivity contribution >= 4 is 34.7 Å². The summed E-state index contributed by atoms with van der Waals surface area (Å²) in [5.41, 5.74) is 7.84. The van der Waals surface area contributed by atoms with Crippen molar-refractivity contribution in [2.75, 3.05) is 23.7 Å². The Bertz CT molecular complexity index is 1480. The molecule has 1 aromatic carbocycles. The van der Waals surface area contributed by atoms with E-state index in [1.807, 2.05) is 29.2 Å². The largest absolute Gasteiger partial charge is 0.368 e. The minimum absolute atomic E-state index is 0.102. The van der Waals surface area contributed by atoms with Crippen molar-refractivity contribution in [3.63, 3.8) is 0 Å². The first kappa shape index (κ1) is 22.1. The van der Waals surface area contributed by atoms with Crippen molar-refractivity contribution in [1.82, 2.24) is 24.1 Å². The molecule has 0 saturated carbocycles. The monoisotopic (exact) mass is 477 g/mol. The van der Waals surface area contributed by atoms with Gasteiger partial charge >= 0.3 is 0 Å². The van der Waals surface area contributed by atoms with Gasteiger partial charge in [0.25, 0.3) is 5.56 Å². The van der Waals surface area contributed by atoms with Crippen molar-refractivity contribution in [2.24, 2.45) is 5.92 Å². The van der Waals surface area contributed by atoms with Crippen molar-refractivity contribution in [1.29, 1.82) is 0 Å². The lowest BCUT2D eigenvalue weighted by Crippen LogP contribution is -2.55. The molecule has 0 atom stereocenters. The Morgan fingerprint density at radius 1 is 1.21 bits per heavy atom. The number of nitrogens with two attached hydrogens (primary N) is 1. The average molecular weight is 478 g/mol. The molecule has 3 aromatic heterocycles. The first-order valence-electron chi connectivity index (χ1n) is 10.9. The number of anilines is 2. The number of carbonyl (C=O) groups excluding carboxylic acids is 1.